The number of carbonyl (C=O) groups is 1. The predicted octanol–water partition coefficient (Wildman–Crippen LogP) is 2.98. The normalized spacial score (nSPS) is 24.1. The highest BCUT2D eigenvalue weighted by atomic mass is 16.1. The number of carbonyl (C=O) groups excluding carboxylic acids is 1. The Bertz CT molecular complexity index is 223. The van der Waals surface area contributed by atoms with Crippen LogP contribution in [-0.4, -0.2) is 18.5 Å². The molecule has 1 fully saturated rings. The molecule has 1 saturated carbocycles. The van der Waals surface area contributed by atoms with Crippen molar-refractivity contribution < 1.29 is 4.79 Å². The highest BCUT2D eigenvalue weighted by molar-refractivity contribution is 5.76. The van der Waals surface area contributed by atoms with E-state index in [0.717, 1.165) is 32.2 Å². The van der Waals surface area contributed by atoms with Crippen molar-refractivity contribution in [2.75, 3.05) is 6.54 Å². The number of hydrogen-bond acceptors (Lipinski definition) is 2. The summed E-state index contributed by atoms with van der Waals surface area (Å²) in [5.41, 5.74) is 5.33. The maximum atomic E-state index is 11.0. The molecule has 106 valence electrons. The van der Waals surface area contributed by atoms with Crippen LogP contribution in [0.25, 0.3) is 0 Å². The van der Waals surface area contributed by atoms with Crippen LogP contribution in [0.3, 0.4) is 0 Å². The van der Waals surface area contributed by atoms with Gasteiger partial charge in [-0.3, -0.25) is 4.79 Å². The van der Waals surface area contributed by atoms with Crippen LogP contribution in [0.1, 0.15) is 71.1 Å². The summed E-state index contributed by atoms with van der Waals surface area (Å²) in [4.78, 5) is 11.0. The van der Waals surface area contributed by atoms with Gasteiger partial charge in [0.2, 0.25) is 5.91 Å². The van der Waals surface area contributed by atoms with Crippen LogP contribution < -0.4 is 11.1 Å². The molecule has 0 aromatic rings. The SMILES string of the molecule is CCCCCCCCNC1CCC(C(N)=O)CC1. The van der Waals surface area contributed by atoms with E-state index >= 15 is 0 Å². The Kier molecular flexibility index (Phi) is 8.06. The largest absolute Gasteiger partial charge is 0.369 e. The second kappa shape index (κ2) is 9.37. The molecule has 1 aliphatic rings. The Balaban J connectivity index is 1.93. The molecule has 1 amide bonds. The molecule has 18 heavy (non-hydrogen) atoms. The molecule has 0 atom stereocenters. The van der Waals surface area contributed by atoms with Crippen molar-refractivity contribution in [1.29, 1.82) is 0 Å². The lowest BCUT2D eigenvalue weighted by atomic mass is 9.85. The van der Waals surface area contributed by atoms with Crippen LogP contribution in [-0.2, 0) is 4.79 Å². The van der Waals surface area contributed by atoms with Crippen LogP contribution in [0.4, 0.5) is 0 Å². The predicted molar refractivity (Wildman–Crippen MR) is 76.3 cm³/mol. The fourth-order valence-electron chi connectivity index (χ4n) is 2.79. The first-order chi connectivity index (χ1) is 8.74. The number of nitrogens with two attached hydrogens (primary N) is 1. The van der Waals surface area contributed by atoms with Crippen LogP contribution in [0.2, 0.25) is 0 Å². The Morgan fingerprint density at radius 1 is 1.06 bits per heavy atom. The van der Waals surface area contributed by atoms with Gasteiger partial charge in [-0.25, -0.2) is 0 Å². The fraction of sp³-hybridized carbons (Fsp3) is 0.933. The van der Waals surface area contributed by atoms with Crippen molar-refractivity contribution in [1.82, 2.24) is 5.32 Å². The fourth-order valence-corrected chi connectivity index (χ4v) is 2.79. The van der Waals surface area contributed by atoms with Gasteiger partial charge in [0.15, 0.2) is 0 Å². The van der Waals surface area contributed by atoms with Crippen LogP contribution >= 0.6 is 0 Å². The van der Waals surface area contributed by atoms with E-state index < -0.39 is 0 Å². The molecule has 3 N–H and O–H groups in total. The zero-order valence-corrected chi connectivity index (χ0v) is 11.9. The smallest absolute Gasteiger partial charge is 0.220 e. The van der Waals surface area contributed by atoms with E-state index in [4.69, 9.17) is 5.73 Å². The monoisotopic (exact) mass is 254 g/mol. The van der Waals surface area contributed by atoms with Gasteiger partial charge in [-0.05, 0) is 38.6 Å². The lowest BCUT2D eigenvalue weighted by molar-refractivity contribution is -0.122. The summed E-state index contributed by atoms with van der Waals surface area (Å²) in [7, 11) is 0. The number of amides is 1. The van der Waals surface area contributed by atoms with Gasteiger partial charge in [-0.15, -0.1) is 0 Å². The van der Waals surface area contributed by atoms with Crippen molar-refractivity contribution in [3.05, 3.63) is 0 Å². The average molecular weight is 254 g/mol. The molecular formula is C15H30N2O. The van der Waals surface area contributed by atoms with E-state index in [1.165, 1.54) is 38.5 Å². The maximum Gasteiger partial charge on any atom is 0.220 e. The molecule has 0 radical (unpaired) electrons. The third-order valence-electron chi connectivity index (χ3n) is 4.09. The minimum atomic E-state index is -0.107. The molecule has 0 unspecified atom stereocenters. The Hall–Kier alpha value is -0.570. The summed E-state index contributed by atoms with van der Waals surface area (Å²) in [6.07, 6.45) is 12.3. The zero-order valence-electron chi connectivity index (χ0n) is 11.9. The van der Waals surface area contributed by atoms with Gasteiger partial charge in [0.1, 0.15) is 0 Å². The highest BCUT2D eigenvalue weighted by Gasteiger charge is 2.23. The van der Waals surface area contributed by atoms with Crippen LogP contribution in [0.15, 0.2) is 0 Å². The Labute approximate surface area is 112 Å². The summed E-state index contributed by atoms with van der Waals surface area (Å²) in [5, 5.41) is 3.62. The second-order valence-electron chi connectivity index (χ2n) is 5.67. The van der Waals surface area contributed by atoms with E-state index in [1.807, 2.05) is 0 Å². The number of primary amides is 1. The standard InChI is InChI=1S/C15H30N2O/c1-2-3-4-5-6-7-12-17-14-10-8-13(9-11-14)15(16)18/h13-14,17H,2-12H2,1H3,(H2,16,18). The van der Waals surface area contributed by atoms with Gasteiger partial charge in [-0.1, -0.05) is 39.0 Å². The maximum absolute atomic E-state index is 11.0. The molecule has 1 aliphatic carbocycles. The minimum absolute atomic E-state index is 0.107. The summed E-state index contributed by atoms with van der Waals surface area (Å²) >= 11 is 0. The van der Waals surface area contributed by atoms with Crippen molar-refractivity contribution in [2.24, 2.45) is 11.7 Å². The van der Waals surface area contributed by atoms with Crippen molar-refractivity contribution in [3.8, 4) is 0 Å². The van der Waals surface area contributed by atoms with Gasteiger partial charge in [0.05, 0.1) is 0 Å². The van der Waals surface area contributed by atoms with Gasteiger partial charge < -0.3 is 11.1 Å². The summed E-state index contributed by atoms with van der Waals surface area (Å²) in [5.74, 6) is 0.0291. The van der Waals surface area contributed by atoms with E-state index in [1.54, 1.807) is 0 Å². The summed E-state index contributed by atoms with van der Waals surface area (Å²) < 4.78 is 0. The lowest BCUT2D eigenvalue weighted by Crippen LogP contribution is -2.37. The van der Waals surface area contributed by atoms with E-state index in [-0.39, 0.29) is 11.8 Å². The van der Waals surface area contributed by atoms with E-state index in [0.29, 0.717) is 6.04 Å². The molecular weight excluding hydrogens is 224 g/mol. The van der Waals surface area contributed by atoms with Crippen molar-refractivity contribution in [3.63, 3.8) is 0 Å². The topological polar surface area (TPSA) is 55.1 Å². The van der Waals surface area contributed by atoms with E-state index in [9.17, 15) is 4.79 Å². The number of rotatable bonds is 9. The van der Waals surface area contributed by atoms with Gasteiger partial charge in [-0.2, -0.15) is 0 Å². The third kappa shape index (κ3) is 6.39. The van der Waals surface area contributed by atoms with Gasteiger partial charge in [0, 0.05) is 12.0 Å². The number of unbranched alkanes of at least 4 members (excludes halogenated alkanes) is 5. The molecule has 0 aliphatic heterocycles. The Morgan fingerprint density at radius 3 is 2.28 bits per heavy atom. The van der Waals surface area contributed by atoms with Gasteiger partial charge in [0.25, 0.3) is 0 Å². The molecule has 0 heterocycles. The number of nitrogens with one attached hydrogen (secondary N) is 1. The molecule has 0 spiro atoms. The average Bonchev–Trinajstić information content (AvgIpc) is 2.38. The van der Waals surface area contributed by atoms with Gasteiger partial charge >= 0.3 is 0 Å². The zero-order chi connectivity index (χ0) is 13.2. The molecule has 3 heteroatoms. The second-order valence-corrected chi connectivity index (χ2v) is 5.67. The third-order valence-corrected chi connectivity index (χ3v) is 4.09. The molecule has 0 aromatic heterocycles. The Morgan fingerprint density at radius 2 is 1.67 bits per heavy atom. The molecule has 0 bridgehead atoms. The molecule has 3 nitrogen and oxygen atoms in total. The lowest BCUT2D eigenvalue weighted by Gasteiger charge is -2.27. The highest BCUT2D eigenvalue weighted by Crippen LogP contribution is 2.23. The van der Waals surface area contributed by atoms with E-state index in [2.05, 4.69) is 12.2 Å². The summed E-state index contributed by atoms with van der Waals surface area (Å²) in [6, 6.07) is 0.622. The molecule has 1 rings (SSSR count). The first-order valence-electron chi connectivity index (χ1n) is 7.76. The van der Waals surface area contributed by atoms with Crippen molar-refractivity contribution in [2.45, 2.75) is 77.2 Å². The first-order valence-corrected chi connectivity index (χ1v) is 7.76. The summed E-state index contributed by atoms with van der Waals surface area (Å²) in [6.45, 7) is 3.39. The van der Waals surface area contributed by atoms with Crippen molar-refractivity contribution >= 4 is 5.91 Å². The van der Waals surface area contributed by atoms with Crippen LogP contribution in [0, 0.1) is 5.92 Å². The minimum Gasteiger partial charge on any atom is -0.369 e. The molecule has 0 aromatic carbocycles. The molecule has 0 saturated heterocycles. The number of hydrogen-bond donors (Lipinski definition) is 2. The van der Waals surface area contributed by atoms with Crippen LogP contribution in [0.5, 0.6) is 0 Å². The first kappa shape index (κ1) is 15.5. The quantitative estimate of drug-likeness (QED) is 0.621.